The van der Waals surface area contributed by atoms with Crippen molar-refractivity contribution >= 4 is 12.0 Å². The van der Waals surface area contributed by atoms with Crippen molar-refractivity contribution in [1.82, 2.24) is 0 Å². The van der Waals surface area contributed by atoms with Crippen molar-refractivity contribution in [2.45, 2.75) is 50.6 Å². The molecule has 0 amide bonds. The van der Waals surface area contributed by atoms with Gasteiger partial charge in [-0.15, -0.1) is 0 Å². The molecule has 1 aromatic rings. The highest BCUT2D eigenvalue weighted by Crippen LogP contribution is 2.34. The molecule has 2 heterocycles. The monoisotopic (exact) mass is 368 g/mol. The lowest BCUT2D eigenvalue weighted by molar-refractivity contribution is -0.560. The van der Waals surface area contributed by atoms with Crippen LogP contribution in [0.3, 0.4) is 0 Å². The number of fused-ring (bicyclic) bond motifs is 3. The van der Waals surface area contributed by atoms with Crippen LogP contribution in [0.5, 0.6) is 0 Å². The van der Waals surface area contributed by atoms with Gasteiger partial charge in [-0.25, -0.2) is 4.90 Å². The van der Waals surface area contributed by atoms with E-state index in [9.17, 15) is 0 Å². The summed E-state index contributed by atoms with van der Waals surface area (Å²) in [6.07, 6.45) is 10.7. The standard InChI is InChI=1S/C16H21N2.HI/c1-2-7-14(8-3-1)17-11-15-10-13-6-4-5-9-16(13)18(15)12-17;/h4-6,9,12,14-15H,1-3,7-8,10-11H2;1H/q+1;/p-1/t15-;/m0./s1. The molecule has 1 aromatic carbocycles. The Bertz CT molecular complexity index is 491. The molecule has 0 N–H and O–H groups in total. The predicted octanol–water partition coefficient (Wildman–Crippen LogP) is -0.191. The van der Waals surface area contributed by atoms with E-state index in [0.717, 1.165) is 6.04 Å². The Morgan fingerprint density at radius 3 is 2.68 bits per heavy atom. The molecule has 0 spiro atoms. The topological polar surface area (TPSA) is 6.25 Å². The van der Waals surface area contributed by atoms with E-state index in [1.165, 1.54) is 56.3 Å². The van der Waals surface area contributed by atoms with Gasteiger partial charge in [-0.05, 0) is 31.7 Å². The minimum absolute atomic E-state index is 0. The first-order valence-electron chi connectivity index (χ1n) is 7.39. The number of benzene rings is 1. The van der Waals surface area contributed by atoms with Gasteiger partial charge in [0.2, 0.25) is 6.34 Å². The van der Waals surface area contributed by atoms with Crippen molar-refractivity contribution in [3.05, 3.63) is 29.8 Å². The summed E-state index contributed by atoms with van der Waals surface area (Å²) in [7, 11) is 0. The van der Waals surface area contributed by atoms with Gasteiger partial charge in [0.25, 0.3) is 0 Å². The quantitative estimate of drug-likeness (QED) is 0.492. The molecule has 1 saturated carbocycles. The summed E-state index contributed by atoms with van der Waals surface area (Å²) >= 11 is 0. The average Bonchev–Trinajstić information content (AvgIpc) is 2.97. The smallest absolute Gasteiger partial charge is 0.240 e. The van der Waals surface area contributed by atoms with E-state index in [-0.39, 0.29) is 24.0 Å². The normalized spacial score (nSPS) is 25.6. The Labute approximate surface area is 132 Å². The molecule has 1 aliphatic carbocycles. The van der Waals surface area contributed by atoms with Crippen molar-refractivity contribution in [2.75, 3.05) is 11.4 Å². The second kappa shape index (κ2) is 5.43. The van der Waals surface area contributed by atoms with Crippen LogP contribution in [0.4, 0.5) is 5.69 Å². The molecule has 0 bridgehead atoms. The number of rotatable bonds is 1. The van der Waals surface area contributed by atoms with Gasteiger partial charge in [0, 0.05) is 12.0 Å². The Balaban J connectivity index is 0.00000110. The molecule has 19 heavy (non-hydrogen) atoms. The molecule has 0 saturated heterocycles. The van der Waals surface area contributed by atoms with Gasteiger partial charge >= 0.3 is 0 Å². The molecule has 2 aliphatic heterocycles. The van der Waals surface area contributed by atoms with Crippen LogP contribution in [-0.2, 0) is 6.42 Å². The molecular weight excluding hydrogens is 347 g/mol. The summed E-state index contributed by atoms with van der Waals surface area (Å²) in [5.74, 6) is 0. The van der Waals surface area contributed by atoms with E-state index in [4.69, 9.17) is 0 Å². The third kappa shape index (κ3) is 2.30. The molecule has 3 heteroatoms. The number of nitrogens with zero attached hydrogens (tertiary/aromatic N) is 2. The lowest BCUT2D eigenvalue weighted by Crippen LogP contribution is -3.00. The highest BCUT2D eigenvalue weighted by atomic mass is 127. The predicted molar refractivity (Wildman–Crippen MR) is 74.5 cm³/mol. The van der Waals surface area contributed by atoms with E-state index in [1.54, 1.807) is 0 Å². The fourth-order valence-corrected chi connectivity index (χ4v) is 3.90. The Morgan fingerprint density at radius 2 is 1.84 bits per heavy atom. The lowest BCUT2D eigenvalue weighted by atomic mass is 9.95. The second-order valence-corrected chi connectivity index (χ2v) is 6.00. The number of hydrogen-bond acceptors (Lipinski definition) is 1. The number of anilines is 1. The van der Waals surface area contributed by atoms with Gasteiger partial charge in [-0.3, -0.25) is 4.58 Å². The molecule has 2 nitrogen and oxygen atoms in total. The maximum atomic E-state index is 2.62. The van der Waals surface area contributed by atoms with E-state index in [2.05, 4.69) is 40.1 Å². The molecule has 102 valence electrons. The Hall–Kier alpha value is -0.580. The van der Waals surface area contributed by atoms with Crippen molar-refractivity contribution in [3.63, 3.8) is 0 Å². The molecule has 0 aromatic heterocycles. The van der Waals surface area contributed by atoms with E-state index >= 15 is 0 Å². The van der Waals surface area contributed by atoms with Crippen molar-refractivity contribution in [2.24, 2.45) is 0 Å². The molecule has 0 radical (unpaired) electrons. The van der Waals surface area contributed by atoms with Crippen LogP contribution in [-0.4, -0.2) is 29.5 Å². The third-order valence-electron chi connectivity index (χ3n) is 4.86. The Morgan fingerprint density at radius 1 is 1.05 bits per heavy atom. The molecular formula is C16H21IN2. The summed E-state index contributed by atoms with van der Waals surface area (Å²) in [5, 5.41) is 0. The van der Waals surface area contributed by atoms with E-state index < -0.39 is 0 Å². The van der Waals surface area contributed by atoms with Gasteiger partial charge in [-0.1, -0.05) is 24.6 Å². The molecule has 4 rings (SSSR count). The highest BCUT2D eigenvalue weighted by Gasteiger charge is 2.41. The minimum Gasteiger partial charge on any atom is -1.00 e. The fourth-order valence-electron chi connectivity index (χ4n) is 3.90. The van der Waals surface area contributed by atoms with E-state index in [0.29, 0.717) is 6.04 Å². The summed E-state index contributed by atoms with van der Waals surface area (Å²) in [5.41, 5.74) is 2.97. The van der Waals surface area contributed by atoms with Crippen LogP contribution in [0, 0.1) is 0 Å². The largest absolute Gasteiger partial charge is 1.00 e. The van der Waals surface area contributed by atoms with Crippen LogP contribution in [0.25, 0.3) is 0 Å². The van der Waals surface area contributed by atoms with Gasteiger partial charge < -0.3 is 24.0 Å². The summed E-state index contributed by atoms with van der Waals surface area (Å²) in [6, 6.07) is 10.4. The third-order valence-corrected chi connectivity index (χ3v) is 4.86. The first-order valence-corrected chi connectivity index (χ1v) is 7.39. The summed E-state index contributed by atoms with van der Waals surface area (Å²) in [4.78, 5) is 2.52. The van der Waals surface area contributed by atoms with Gasteiger partial charge in [0.05, 0.1) is 6.04 Å². The van der Waals surface area contributed by atoms with Crippen LogP contribution in [0.2, 0.25) is 0 Å². The van der Waals surface area contributed by atoms with Crippen molar-refractivity contribution in [3.8, 4) is 0 Å². The zero-order valence-corrected chi connectivity index (χ0v) is 13.4. The minimum atomic E-state index is 0. The van der Waals surface area contributed by atoms with Crippen molar-refractivity contribution < 1.29 is 28.6 Å². The second-order valence-electron chi connectivity index (χ2n) is 6.00. The first-order chi connectivity index (χ1) is 8.92. The number of halogens is 1. The molecule has 1 fully saturated rings. The molecule has 0 unspecified atom stereocenters. The highest BCUT2D eigenvalue weighted by molar-refractivity contribution is 5.82. The average molecular weight is 368 g/mol. The van der Waals surface area contributed by atoms with Gasteiger partial charge in [0.1, 0.15) is 18.3 Å². The van der Waals surface area contributed by atoms with Crippen molar-refractivity contribution in [1.29, 1.82) is 0 Å². The van der Waals surface area contributed by atoms with Crippen LogP contribution in [0.1, 0.15) is 37.7 Å². The lowest BCUT2D eigenvalue weighted by Gasteiger charge is -2.21. The summed E-state index contributed by atoms with van der Waals surface area (Å²) < 4.78 is 2.62. The van der Waals surface area contributed by atoms with Gasteiger partial charge in [-0.2, -0.15) is 0 Å². The zero-order valence-electron chi connectivity index (χ0n) is 11.3. The Kier molecular flexibility index (Phi) is 3.83. The maximum Gasteiger partial charge on any atom is 0.240 e. The number of hydrogen-bond donors (Lipinski definition) is 0. The maximum absolute atomic E-state index is 2.62. The first kappa shape index (κ1) is 13.4. The number of para-hydroxylation sites is 1. The zero-order chi connectivity index (χ0) is 11.9. The SMILES string of the molecule is C1=[N+](C2CCCCC2)C[C@@H]2Cc3ccccc3N12.[I-]. The van der Waals surface area contributed by atoms with E-state index in [1.807, 2.05) is 0 Å². The van der Waals surface area contributed by atoms with Crippen LogP contribution >= 0.6 is 0 Å². The fraction of sp³-hybridized carbons (Fsp3) is 0.562. The summed E-state index contributed by atoms with van der Waals surface area (Å²) in [6.45, 7) is 1.24. The molecule has 3 aliphatic rings. The van der Waals surface area contributed by atoms with Gasteiger partial charge in [0.15, 0.2) is 0 Å². The van der Waals surface area contributed by atoms with Crippen LogP contribution in [0.15, 0.2) is 24.3 Å². The van der Waals surface area contributed by atoms with Crippen LogP contribution < -0.4 is 28.9 Å². The molecule has 1 atom stereocenters.